The molecule has 31 heavy (non-hydrogen) atoms. The van der Waals surface area contributed by atoms with Crippen molar-refractivity contribution < 1.29 is 19.4 Å². The van der Waals surface area contributed by atoms with Crippen LogP contribution in [0.1, 0.15) is 69.5 Å². The number of methoxy groups -OCH3 is 1. The van der Waals surface area contributed by atoms with E-state index < -0.39 is 11.6 Å². The Kier molecular flexibility index (Phi) is 7.39. The molecule has 2 atom stereocenters. The van der Waals surface area contributed by atoms with E-state index >= 15 is 0 Å². The van der Waals surface area contributed by atoms with Crippen molar-refractivity contribution in [2.45, 2.75) is 69.6 Å². The predicted molar refractivity (Wildman–Crippen MR) is 122 cm³/mol. The molecule has 2 N–H and O–H groups in total. The molecule has 5 heteroatoms. The van der Waals surface area contributed by atoms with Crippen molar-refractivity contribution in [3.63, 3.8) is 0 Å². The average Bonchev–Trinajstić information content (AvgIpc) is 3.25. The largest absolute Gasteiger partial charge is 0.491 e. The minimum atomic E-state index is -1.13. The molecule has 1 aliphatic carbocycles. The second-order valence-corrected chi connectivity index (χ2v) is 9.18. The molecule has 0 heterocycles. The second-order valence-electron chi connectivity index (χ2n) is 9.18. The Balaban J connectivity index is 1.69. The molecule has 1 amide bonds. The minimum Gasteiger partial charge on any atom is -0.491 e. The van der Waals surface area contributed by atoms with Gasteiger partial charge >= 0.3 is 0 Å². The highest BCUT2D eigenvalue weighted by Crippen LogP contribution is 2.34. The molecular formula is C26H35NO4. The first-order valence-corrected chi connectivity index (χ1v) is 11.1. The Morgan fingerprint density at radius 3 is 2.23 bits per heavy atom. The van der Waals surface area contributed by atoms with Gasteiger partial charge in [0.05, 0.1) is 17.6 Å². The van der Waals surface area contributed by atoms with E-state index in [-0.39, 0.29) is 17.4 Å². The molecule has 0 aliphatic heterocycles. The fourth-order valence-corrected chi connectivity index (χ4v) is 4.23. The summed E-state index contributed by atoms with van der Waals surface area (Å²) in [6.45, 7) is 5.82. The molecule has 1 unspecified atom stereocenters. The van der Waals surface area contributed by atoms with Gasteiger partial charge in [-0.1, -0.05) is 55.3 Å². The number of ether oxygens (including phenoxy) is 2. The van der Waals surface area contributed by atoms with Gasteiger partial charge in [0, 0.05) is 7.11 Å². The van der Waals surface area contributed by atoms with Crippen LogP contribution < -0.4 is 10.1 Å². The number of nitrogens with one attached hydrogen (secondary N) is 1. The highest BCUT2D eigenvalue weighted by molar-refractivity contribution is 5.83. The zero-order chi connectivity index (χ0) is 22.5. The SMILES string of the molecule is COC1(COc2ccc(C(NC(=O)[C@@H](C)c3ccccc3)C(C)(C)O)cc2)CCCC1. The van der Waals surface area contributed by atoms with Gasteiger partial charge in [0.25, 0.3) is 0 Å². The predicted octanol–water partition coefficient (Wildman–Crippen LogP) is 4.76. The molecule has 0 bridgehead atoms. The lowest BCUT2D eigenvalue weighted by Gasteiger charge is -2.32. The normalized spacial score (nSPS) is 17.7. The van der Waals surface area contributed by atoms with E-state index in [1.54, 1.807) is 21.0 Å². The number of carbonyl (C=O) groups excluding carboxylic acids is 1. The van der Waals surface area contributed by atoms with Gasteiger partial charge in [-0.3, -0.25) is 4.79 Å². The Morgan fingerprint density at radius 2 is 1.68 bits per heavy atom. The van der Waals surface area contributed by atoms with Gasteiger partial charge in [0.15, 0.2) is 0 Å². The van der Waals surface area contributed by atoms with Crippen LogP contribution in [0, 0.1) is 0 Å². The third-order valence-electron chi connectivity index (χ3n) is 6.35. The second kappa shape index (κ2) is 9.84. The first-order valence-electron chi connectivity index (χ1n) is 11.1. The van der Waals surface area contributed by atoms with E-state index in [0.29, 0.717) is 6.61 Å². The summed E-state index contributed by atoms with van der Waals surface area (Å²) in [6.07, 6.45) is 4.39. The number of benzene rings is 2. The number of hydrogen-bond donors (Lipinski definition) is 2. The lowest BCUT2D eigenvalue weighted by atomic mass is 9.90. The van der Waals surface area contributed by atoms with Gasteiger partial charge in [0.2, 0.25) is 5.91 Å². The summed E-state index contributed by atoms with van der Waals surface area (Å²) in [5.41, 5.74) is 0.460. The van der Waals surface area contributed by atoms with Crippen molar-refractivity contribution in [1.82, 2.24) is 5.32 Å². The molecule has 0 spiro atoms. The maximum atomic E-state index is 12.9. The minimum absolute atomic E-state index is 0.123. The number of aliphatic hydroxyl groups is 1. The van der Waals surface area contributed by atoms with Crippen LogP contribution in [0.25, 0.3) is 0 Å². The molecular weight excluding hydrogens is 390 g/mol. The van der Waals surface area contributed by atoms with E-state index in [1.165, 1.54) is 12.8 Å². The lowest BCUT2D eigenvalue weighted by molar-refractivity contribution is -0.125. The Hall–Kier alpha value is -2.37. The summed E-state index contributed by atoms with van der Waals surface area (Å²) >= 11 is 0. The van der Waals surface area contributed by atoms with E-state index in [0.717, 1.165) is 29.7 Å². The molecule has 3 rings (SSSR count). The third-order valence-corrected chi connectivity index (χ3v) is 6.35. The standard InChI is InChI=1S/C26H35NO4/c1-19(20-10-6-5-7-11-20)24(28)27-23(25(2,3)29)21-12-14-22(15-13-21)31-18-26(30-4)16-8-9-17-26/h5-7,10-15,19,23,29H,8-9,16-18H2,1-4H3,(H,27,28)/t19-,23?/m0/s1. The van der Waals surface area contributed by atoms with Gasteiger partial charge in [-0.25, -0.2) is 0 Å². The monoisotopic (exact) mass is 425 g/mol. The molecule has 0 aromatic heterocycles. The van der Waals surface area contributed by atoms with Crippen LogP contribution in [0.5, 0.6) is 5.75 Å². The van der Waals surface area contributed by atoms with Crippen LogP contribution >= 0.6 is 0 Å². The summed E-state index contributed by atoms with van der Waals surface area (Å²) in [5.74, 6) is 0.317. The molecule has 168 valence electrons. The highest BCUT2D eigenvalue weighted by atomic mass is 16.5. The van der Waals surface area contributed by atoms with Crippen LogP contribution in [-0.2, 0) is 9.53 Å². The molecule has 0 radical (unpaired) electrons. The van der Waals surface area contributed by atoms with Crippen molar-refractivity contribution in [2.24, 2.45) is 0 Å². The summed E-state index contributed by atoms with van der Waals surface area (Å²) in [6, 6.07) is 16.7. The van der Waals surface area contributed by atoms with Crippen molar-refractivity contribution in [3.8, 4) is 5.75 Å². The quantitative estimate of drug-likeness (QED) is 0.608. The smallest absolute Gasteiger partial charge is 0.227 e. The van der Waals surface area contributed by atoms with Crippen LogP contribution in [-0.4, -0.2) is 35.9 Å². The molecule has 1 aliphatic rings. The summed E-state index contributed by atoms with van der Waals surface area (Å²) < 4.78 is 11.7. The highest BCUT2D eigenvalue weighted by Gasteiger charge is 2.35. The van der Waals surface area contributed by atoms with Crippen LogP contribution in [0.2, 0.25) is 0 Å². The summed E-state index contributed by atoms with van der Waals surface area (Å²) in [7, 11) is 1.75. The molecule has 0 saturated heterocycles. The van der Waals surface area contributed by atoms with Gasteiger partial charge < -0.3 is 19.9 Å². The van der Waals surface area contributed by atoms with E-state index in [2.05, 4.69) is 5.32 Å². The van der Waals surface area contributed by atoms with E-state index in [1.807, 2.05) is 61.5 Å². The number of amides is 1. The van der Waals surface area contributed by atoms with Crippen molar-refractivity contribution in [1.29, 1.82) is 0 Å². The van der Waals surface area contributed by atoms with E-state index in [4.69, 9.17) is 9.47 Å². The Morgan fingerprint density at radius 1 is 1.06 bits per heavy atom. The number of carbonyl (C=O) groups is 1. The van der Waals surface area contributed by atoms with E-state index in [9.17, 15) is 9.90 Å². The fraction of sp³-hybridized carbons (Fsp3) is 0.500. The Labute approximate surface area is 185 Å². The molecule has 2 aromatic rings. The Bertz CT molecular complexity index is 836. The third kappa shape index (κ3) is 5.86. The number of rotatable bonds is 9. The molecule has 2 aromatic carbocycles. The molecule has 1 fully saturated rings. The zero-order valence-corrected chi connectivity index (χ0v) is 19.1. The van der Waals surface area contributed by atoms with Gasteiger partial charge in [-0.15, -0.1) is 0 Å². The lowest BCUT2D eigenvalue weighted by Crippen LogP contribution is -2.43. The van der Waals surface area contributed by atoms with Crippen LogP contribution in [0.15, 0.2) is 54.6 Å². The van der Waals surface area contributed by atoms with Gasteiger partial charge in [-0.05, 0) is 56.9 Å². The van der Waals surface area contributed by atoms with Crippen molar-refractivity contribution >= 4 is 5.91 Å². The van der Waals surface area contributed by atoms with Crippen LogP contribution in [0.4, 0.5) is 0 Å². The molecule has 5 nitrogen and oxygen atoms in total. The maximum Gasteiger partial charge on any atom is 0.227 e. The average molecular weight is 426 g/mol. The first-order chi connectivity index (χ1) is 14.7. The number of hydrogen-bond acceptors (Lipinski definition) is 4. The van der Waals surface area contributed by atoms with Crippen LogP contribution in [0.3, 0.4) is 0 Å². The fourth-order valence-electron chi connectivity index (χ4n) is 4.23. The maximum absolute atomic E-state index is 12.9. The first kappa shape index (κ1) is 23.3. The molecule has 1 saturated carbocycles. The topological polar surface area (TPSA) is 67.8 Å². The summed E-state index contributed by atoms with van der Waals surface area (Å²) in [5, 5.41) is 13.8. The zero-order valence-electron chi connectivity index (χ0n) is 19.1. The van der Waals surface area contributed by atoms with Gasteiger partial charge in [-0.2, -0.15) is 0 Å². The summed E-state index contributed by atoms with van der Waals surface area (Å²) in [4.78, 5) is 12.9. The van der Waals surface area contributed by atoms with Crippen molar-refractivity contribution in [3.05, 3.63) is 65.7 Å². The van der Waals surface area contributed by atoms with Crippen molar-refractivity contribution in [2.75, 3.05) is 13.7 Å². The van der Waals surface area contributed by atoms with Gasteiger partial charge in [0.1, 0.15) is 18.0 Å².